The fraction of sp³-hybridized carbons (Fsp3) is 0.250. The molecule has 0 amide bonds. The summed E-state index contributed by atoms with van der Waals surface area (Å²) in [6.07, 6.45) is 0.282. The third-order valence-corrected chi connectivity index (χ3v) is 7.91. The molecule has 2 rings (SSSR count). The molecule has 2 aromatic carbocycles. The molecule has 0 aliphatic rings. The number of hydrogen-bond donors (Lipinski definition) is 1. The van der Waals surface area contributed by atoms with Crippen LogP contribution in [0.25, 0.3) is 0 Å². The van der Waals surface area contributed by atoms with Crippen molar-refractivity contribution in [1.82, 2.24) is 9.03 Å². The Hall–Kier alpha value is -1.16. The van der Waals surface area contributed by atoms with E-state index in [0.29, 0.717) is 0 Å². The first kappa shape index (κ1) is 21.1. The molecule has 0 unspecified atom stereocenters. The van der Waals surface area contributed by atoms with Crippen LogP contribution >= 0.6 is 23.2 Å². The van der Waals surface area contributed by atoms with Gasteiger partial charge in [0.25, 0.3) is 0 Å². The standard InChI is InChI=1S/C16H18Cl2N2O4S2/c1-20(26(23,24)16-10-5-3-8-14(16)18)12-6-11-19-25(21,22)15-9-4-2-7-13(15)17/h2-5,7-10,19H,6,11-12H2,1H3. The quantitative estimate of drug-likeness (QED) is 0.644. The highest BCUT2D eigenvalue weighted by Crippen LogP contribution is 2.23. The molecule has 26 heavy (non-hydrogen) atoms. The maximum absolute atomic E-state index is 12.5. The summed E-state index contributed by atoms with van der Waals surface area (Å²) < 4.78 is 53.0. The Morgan fingerprint density at radius 1 is 0.885 bits per heavy atom. The van der Waals surface area contributed by atoms with Crippen LogP contribution in [0.3, 0.4) is 0 Å². The summed E-state index contributed by atoms with van der Waals surface area (Å²) in [6, 6.07) is 12.3. The Kier molecular flexibility index (Phi) is 7.06. The zero-order chi connectivity index (χ0) is 19.4. The van der Waals surface area contributed by atoms with Crippen molar-refractivity contribution in [2.24, 2.45) is 0 Å². The van der Waals surface area contributed by atoms with Gasteiger partial charge in [0.1, 0.15) is 9.79 Å². The number of nitrogens with zero attached hydrogens (tertiary/aromatic N) is 1. The Morgan fingerprint density at radius 2 is 1.38 bits per heavy atom. The van der Waals surface area contributed by atoms with Gasteiger partial charge in [0.15, 0.2) is 0 Å². The van der Waals surface area contributed by atoms with E-state index in [1.54, 1.807) is 24.3 Å². The monoisotopic (exact) mass is 436 g/mol. The summed E-state index contributed by atoms with van der Waals surface area (Å²) in [5.41, 5.74) is 0. The molecule has 0 atom stereocenters. The summed E-state index contributed by atoms with van der Waals surface area (Å²) in [4.78, 5) is -0.000440. The van der Waals surface area contributed by atoms with Gasteiger partial charge in [-0.1, -0.05) is 47.5 Å². The highest BCUT2D eigenvalue weighted by molar-refractivity contribution is 7.89. The average Bonchev–Trinajstić information content (AvgIpc) is 2.59. The molecule has 0 heterocycles. The van der Waals surface area contributed by atoms with Crippen LogP contribution < -0.4 is 4.72 Å². The second-order valence-corrected chi connectivity index (χ2v) is 10.0. The molecule has 2 aromatic rings. The van der Waals surface area contributed by atoms with E-state index in [1.807, 2.05) is 0 Å². The molecule has 0 aromatic heterocycles. The molecule has 142 valence electrons. The van der Waals surface area contributed by atoms with Gasteiger partial charge in [-0.2, -0.15) is 0 Å². The molecule has 0 aliphatic heterocycles. The van der Waals surface area contributed by atoms with E-state index in [0.717, 1.165) is 4.31 Å². The van der Waals surface area contributed by atoms with Crippen LogP contribution in [0.2, 0.25) is 10.0 Å². The van der Waals surface area contributed by atoms with Crippen LogP contribution in [-0.2, 0) is 20.0 Å². The summed E-state index contributed by atoms with van der Waals surface area (Å²) >= 11 is 11.8. The van der Waals surface area contributed by atoms with Gasteiger partial charge in [-0.15, -0.1) is 0 Å². The smallest absolute Gasteiger partial charge is 0.211 e. The minimum absolute atomic E-state index is 0.0146. The Balaban J connectivity index is 1.96. The van der Waals surface area contributed by atoms with Crippen molar-refractivity contribution in [3.63, 3.8) is 0 Å². The van der Waals surface area contributed by atoms with E-state index in [9.17, 15) is 16.8 Å². The van der Waals surface area contributed by atoms with Gasteiger partial charge in [-0.05, 0) is 30.7 Å². The molecular weight excluding hydrogens is 419 g/mol. The van der Waals surface area contributed by atoms with Gasteiger partial charge < -0.3 is 0 Å². The predicted molar refractivity (Wildman–Crippen MR) is 103 cm³/mol. The first-order valence-electron chi connectivity index (χ1n) is 7.61. The minimum Gasteiger partial charge on any atom is -0.211 e. The highest BCUT2D eigenvalue weighted by Gasteiger charge is 2.23. The van der Waals surface area contributed by atoms with Crippen molar-refractivity contribution in [1.29, 1.82) is 0 Å². The zero-order valence-corrected chi connectivity index (χ0v) is 17.0. The van der Waals surface area contributed by atoms with Gasteiger partial charge >= 0.3 is 0 Å². The maximum Gasteiger partial charge on any atom is 0.244 e. The molecule has 0 radical (unpaired) electrons. The van der Waals surface area contributed by atoms with Crippen LogP contribution in [0.15, 0.2) is 58.3 Å². The molecule has 0 aliphatic carbocycles. The van der Waals surface area contributed by atoms with E-state index in [4.69, 9.17) is 23.2 Å². The number of hydrogen-bond acceptors (Lipinski definition) is 4. The number of halogens is 2. The van der Waals surface area contributed by atoms with E-state index in [1.165, 1.54) is 31.3 Å². The number of benzene rings is 2. The fourth-order valence-corrected chi connectivity index (χ4v) is 5.48. The van der Waals surface area contributed by atoms with Crippen molar-refractivity contribution in [3.8, 4) is 0 Å². The largest absolute Gasteiger partial charge is 0.244 e. The molecule has 0 saturated carbocycles. The normalized spacial score (nSPS) is 12.5. The highest BCUT2D eigenvalue weighted by atomic mass is 35.5. The molecular formula is C16H18Cl2N2O4S2. The maximum atomic E-state index is 12.5. The van der Waals surface area contributed by atoms with Crippen molar-refractivity contribution in [2.75, 3.05) is 20.1 Å². The van der Waals surface area contributed by atoms with Crippen molar-refractivity contribution in [2.45, 2.75) is 16.2 Å². The Bertz CT molecular complexity index is 979. The van der Waals surface area contributed by atoms with Gasteiger partial charge in [0.2, 0.25) is 20.0 Å². The third-order valence-electron chi connectivity index (χ3n) is 3.59. The van der Waals surface area contributed by atoms with Gasteiger partial charge in [0, 0.05) is 20.1 Å². The zero-order valence-electron chi connectivity index (χ0n) is 13.9. The predicted octanol–water partition coefficient (Wildman–Crippen LogP) is 2.98. The molecule has 6 nitrogen and oxygen atoms in total. The van der Waals surface area contributed by atoms with Crippen LogP contribution in [0.1, 0.15) is 6.42 Å². The van der Waals surface area contributed by atoms with Gasteiger partial charge in [0.05, 0.1) is 10.0 Å². The van der Waals surface area contributed by atoms with Crippen LogP contribution in [0.4, 0.5) is 0 Å². The average molecular weight is 437 g/mol. The first-order valence-corrected chi connectivity index (χ1v) is 11.3. The van der Waals surface area contributed by atoms with Gasteiger partial charge in [-0.25, -0.2) is 25.9 Å². The number of sulfonamides is 2. The number of nitrogens with one attached hydrogen (secondary N) is 1. The lowest BCUT2D eigenvalue weighted by Gasteiger charge is -2.18. The second kappa shape index (κ2) is 8.69. The lowest BCUT2D eigenvalue weighted by atomic mass is 10.4. The SMILES string of the molecule is CN(CCCNS(=O)(=O)c1ccccc1Cl)S(=O)(=O)c1ccccc1Cl. The molecule has 0 bridgehead atoms. The second-order valence-electron chi connectivity index (χ2n) is 5.44. The summed E-state index contributed by atoms with van der Waals surface area (Å²) in [6.45, 7) is 0.189. The lowest BCUT2D eigenvalue weighted by molar-refractivity contribution is 0.460. The fourth-order valence-electron chi connectivity index (χ4n) is 2.19. The lowest BCUT2D eigenvalue weighted by Crippen LogP contribution is -2.31. The summed E-state index contributed by atoms with van der Waals surface area (Å²) in [5, 5.41) is 0.261. The van der Waals surface area contributed by atoms with E-state index in [-0.39, 0.29) is 39.3 Å². The topological polar surface area (TPSA) is 83.6 Å². The minimum atomic E-state index is -3.75. The number of rotatable bonds is 8. The van der Waals surface area contributed by atoms with Crippen molar-refractivity contribution >= 4 is 43.2 Å². The Labute approximate surface area is 163 Å². The molecule has 0 fully saturated rings. The van der Waals surface area contributed by atoms with E-state index < -0.39 is 20.0 Å². The van der Waals surface area contributed by atoms with E-state index >= 15 is 0 Å². The van der Waals surface area contributed by atoms with Crippen LogP contribution in [-0.4, -0.2) is 41.3 Å². The Morgan fingerprint density at radius 3 is 1.92 bits per heavy atom. The van der Waals surface area contributed by atoms with E-state index in [2.05, 4.69) is 4.72 Å². The summed E-state index contributed by atoms with van der Waals surface area (Å²) in [5.74, 6) is 0. The van der Waals surface area contributed by atoms with Crippen molar-refractivity contribution in [3.05, 3.63) is 58.6 Å². The molecule has 0 spiro atoms. The first-order chi connectivity index (χ1) is 12.2. The molecule has 0 saturated heterocycles. The summed E-state index contributed by atoms with van der Waals surface area (Å²) in [7, 11) is -6.08. The third kappa shape index (κ3) is 4.97. The molecule has 1 N–H and O–H groups in total. The van der Waals surface area contributed by atoms with Crippen LogP contribution in [0.5, 0.6) is 0 Å². The molecule has 10 heteroatoms. The van der Waals surface area contributed by atoms with Crippen molar-refractivity contribution < 1.29 is 16.8 Å². The van der Waals surface area contributed by atoms with Crippen LogP contribution in [0, 0.1) is 0 Å². The van der Waals surface area contributed by atoms with Gasteiger partial charge in [-0.3, -0.25) is 0 Å².